The lowest BCUT2D eigenvalue weighted by Gasteiger charge is -2.14. The molecule has 0 aliphatic carbocycles. The number of hydrogen-bond donors (Lipinski definition) is 2. The van der Waals surface area contributed by atoms with Gasteiger partial charge < -0.3 is 20.1 Å². The van der Waals surface area contributed by atoms with Crippen LogP contribution in [0.1, 0.15) is 32.9 Å². The van der Waals surface area contributed by atoms with Crippen LogP contribution in [0.2, 0.25) is 0 Å². The predicted octanol–water partition coefficient (Wildman–Crippen LogP) is 2.79. The van der Waals surface area contributed by atoms with E-state index in [0.29, 0.717) is 34.3 Å². The van der Waals surface area contributed by atoms with Gasteiger partial charge in [0.1, 0.15) is 30.1 Å². The standard InChI is InChI=1S/C17H14BrFN4O3S/c1-7-15(27-6-21-7)14(24)13-12(16(20)25)22-17-8-4-9(18)10(19)5-11(8)26-3-2-23(13)17/h4-6,14,24H,2-3H2,1H3,(H2,20,25). The normalized spacial score (nSPS) is 14.1. The molecule has 0 saturated heterocycles. The summed E-state index contributed by atoms with van der Waals surface area (Å²) >= 11 is 4.44. The number of ether oxygens (including phenoxy) is 1. The smallest absolute Gasteiger partial charge is 0.269 e. The van der Waals surface area contributed by atoms with Gasteiger partial charge in [0.2, 0.25) is 0 Å². The molecule has 1 atom stereocenters. The quantitative estimate of drug-likeness (QED) is 0.635. The number of amides is 1. The largest absolute Gasteiger partial charge is 0.491 e. The van der Waals surface area contributed by atoms with E-state index in [2.05, 4.69) is 25.9 Å². The number of fused-ring (bicyclic) bond motifs is 3. The van der Waals surface area contributed by atoms with Gasteiger partial charge in [0, 0.05) is 6.07 Å². The van der Waals surface area contributed by atoms with Gasteiger partial charge in [0.05, 0.1) is 38.4 Å². The molecule has 3 N–H and O–H groups in total. The summed E-state index contributed by atoms with van der Waals surface area (Å²) in [5.74, 6) is -0.529. The first kappa shape index (κ1) is 18.1. The number of benzene rings is 1. The van der Waals surface area contributed by atoms with Gasteiger partial charge in [-0.25, -0.2) is 14.4 Å². The van der Waals surface area contributed by atoms with E-state index in [9.17, 15) is 14.3 Å². The molecule has 27 heavy (non-hydrogen) atoms. The number of aryl methyl sites for hydroxylation is 1. The van der Waals surface area contributed by atoms with Crippen molar-refractivity contribution in [2.24, 2.45) is 5.73 Å². The van der Waals surface area contributed by atoms with Gasteiger partial charge in [-0.1, -0.05) is 0 Å². The average molecular weight is 453 g/mol. The number of aromatic nitrogens is 3. The Hall–Kier alpha value is -2.30. The van der Waals surface area contributed by atoms with Gasteiger partial charge in [-0.15, -0.1) is 11.3 Å². The van der Waals surface area contributed by atoms with E-state index < -0.39 is 17.8 Å². The lowest BCUT2D eigenvalue weighted by molar-refractivity contribution is 0.0989. The maximum absolute atomic E-state index is 13.9. The van der Waals surface area contributed by atoms with Gasteiger partial charge >= 0.3 is 0 Å². The lowest BCUT2D eigenvalue weighted by atomic mass is 10.1. The summed E-state index contributed by atoms with van der Waals surface area (Å²) in [6, 6.07) is 2.80. The summed E-state index contributed by atoms with van der Waals surface area (Å²) in [4.78, 5) is 21.2. The minimum Gasteiger partial charge on any atom is -0.491 e. The topological polar surface area (TPSA) is 103 Å². The number of aliphatic hydroxyl groups excluding tert-OH is 1. The number of imidazole rings is 1. The third-order valence-corrected chi connectivity index (χ3v) is 5.96. The molecule has 3 aromatic rings. The van der Waals surface area contributed by atoms with Crippen molar-refractivity contribution >= 4 is 33.2 Å². The molecule has 10 heteroatoms. The number of carbonyl (C=O) groups is 1. The number of halogens is 2. The van der Waals surface area contributed by atoms with Crippen molar-refractivity contribution in [1.29, 1.82) is 0 Å². The zero-order valence-corrected chi connectivity index (χ0v) is 16.5. The van der Waals surface area contributed by atoms with E-state index in [0.717, 1.165) is 0 Å². The van der Waals surface area contributed by atoms with E-state index in [-0.39, 0.29) is 22.5 Å². The number of carbonyl (C=O) groups excluding carboxylic acids is 1. The third kappa shape index (κ3) is 2.93. The highest BCUT2D eigenvalue weighted by atomic mass is 79.9. The van der Waals surface area contributed by atoms with Crippen LogP contribution in [0.25, 0.3) is 11.4 Å². The molecule has 1 aromatic carbocycles. The second-order valence-electron chi connectivity index (χ2n) is 6.00. The van der Waals surface area contributed by atoms with Crippen LogP contribution in [-0.4, -0.2) is 32.2 Å². The van der Waals surface area contributed by atoms with E-state index in [1.165, 1.54) is 23.5 Å². The van der Waals surface area contributed by atoms with Crippen LogP contribution in [0.5, 0.6) is 5.75 Å². The summed E-state index contributed by atoms with van der Waals surface area (Å²) in [5, 5.41) is 11.0. The molecule has 0 radical (unpaired) electrons. The fourth-order valence-electron chi connectivity index (χ4n) is 3.12. The molecule has 7 nitrogen and oxygen atoms in total. The van der Waals surface area contributed by atoms with Crippen molar-refractivity contribution < 1.29 is 19.0 Å². The molecular weight excluding hydrogens is 439 g/mol. The van der Waals surface area contributed by atoms with Gasteiger partial charge in [0.15, 0.2) is 5.69 Å². The highest BCUT2D eigenvalue weighted by Gasteiger charge is 2.31. The molecule has 0 saturated carbocycles. The summed E-state index contributed by atoms with van der Waals surface area (Å²) in [6.07, 6.45) is -1.12. The van der Waals surface area contributed by atoms with Crippen LogP contribution in [0.4, 0.5) is 4.39 Å². The summed E-state index contributed by atoms with van der Waals surface area (Å²) in [6.45, 7) is 2.31. The molecule has 0 bridgehead atoms. The average Bonchev–Trinajstić information content (AvgIpc) is 3.17. The van der Waals surface area contributed by atoms with Crippen molar-refractivity contribution in [2.75, 3.05) is 6.61 Å². The highest BCUT2D eigenvalue weighted by Crippen LogP contribution is 2.39. The molecule has 1 amide bonds. The Kier molecular flexibility index (Phi) is 4.49. The molecule has 1 aliphatic heterocycles. The molecule has 0 fully saturated rings. The Labute approximate surface area is 165 Å². The van der Waals surface area contributed by atoms with Crippen LogP contribution in [-0.2, 0) is 6.54 Å². The van der Waals surface area contributed by atoms with Crippen LogP contribution in [0, 0.1) is 12.7 Å². The van der Waals surface area contributed by atoms with Crippen LogP contribution in [0.3, 0.4) is 0 Å². The molecule has 2 aromatic heterocycles. The molecule has 140 valence electrons. The molecule has 4 rings (SSSR count). The van der Waals surface area contributed by atoms with Gasteiger partial charge in [-0.2, -0.15) is 0 Å². The number of thiazole rings is 1. The van der Waals surface area contributed by atoms with Crippen molar-refractivity contribution in [2.45, 2.75) is 19.6 Å². The van der Waals surface area contributed by atoms with Gasteiger partial charge in [0.25, 0.3) is 5.91 Å². The van der Waals surface area contributed by atoms with Crippen molar-refractivity contribution in [3.63, 3.8) is 0 Å². The van der Waals surface area contributed by atoms with Crippen LogP contribution in [0.15, 0.2) is 22.1 Å². The second kappa shape index (κ2) is 6.70. The molecular formula is C17H14BrFN4O3S. The monoisotopic (exact) mass is 452 g/mol. The number of hydrogen-bond acceptors (Lipinski definition) is 6. The zero-order chi connectivity index (χ0) is 19.3. The first-order valence-corrected chi connectivity index (χ1v) is 9.66. The first-order chi connectivity index (χ1) is 12.9. The summed E-state index contributed by atoms with van der Waals surface area (Å²) < 4.78 is 21.5. The number of nitrogens with zero attached hydrogens (tertiary/aromatic N) is 3. The number of aliphatic hydroxyl groups is 1. The Morgan fingerprint density at radius 1 is 1.52 bits per heavy atom. The Morgan fingerprint density at radius 3 is 2.96 bits per heavy atom. The first-order valence-electron chi connectivity index (χ1n) is 7.99. The lowest BCUT2D eigenvalue weighted by Crippen LogP contribution is -2.19. The molecule has 3 heterocycles. The highest BCUT2D eigenvalue weighted by molar-refractivity contribution is 9.10. The van der Waals surface area contributed by atoms with E-state index in [1.807, 2.05) is 0 Å². The number of nitrogens with two attached hydrogens (primary N) is 1. The van der Waals surface area contributed by atoms with E-state index in [4.69, 9.17) is 10.5 Å². The summed E-state index contributed by atoms with van der Waals surface area (Å²) in [5.41, 5.74) is 8.56. The maximum atomic E-state index is 13.9. The Morgan fingerprint density at radius 2 is 2.30 bits per heavy atom. The number of rotatable bonds is 3. The van der Waals surface area contributed by atoms with Crippen LogP contribution < -0.4 is 10.5 Å². The second-order valence-corrected chi connectivity index (χ2v) is 7.74. The van der Waals surface area contributed by atoms with Gasteiger partial charge in [-0.3, -0.25) is 4.79 Å². The fourth-order valence-corrected chi connectivity index (χ4v) is 4.25. The van der Waals surface area contributed by atoms with Crippen LogP contribution >= 0.6 is 27.3 Å². The zero-order valence-electron chi connectivity index (χ0n) is 14.1. The summed E-state index contributed by atoms with van der Waals surface area (Å²) in [7, 11) is 0. The SMILES string of the molecule is Cc1ncsc1C(O)c1c(C(N)=O)nc2n1CCOc1cc(F)c(Br)cc1-2. The predicted molar refractivity (Wildman–Crippen MR) is 100 cm³/mol. The van der Waals surface area contributed by atoms with Crippen molar-refractivity contribution in [1.82, 2.24) is 14.5 Å². The van der Waals surface area contributed by atoms with E-state index >= 15 is 0 Å². The maximum Gasteiger partial charge on any atom is 0.269 e. The fraction of sp³-hybridized carbons (Fsp3) is 0.235. The Balaban J connectivity index is 1.97. The molecule has 0 spiro atoms. The molecule has 1 aliphatic rings. The van der Waals surface area contributed by atoms with Crippen molar-refractivity contribution in [3.8, 4) is 17.1 Å². The minimum atomic E-state index is -1.12. The number of primary amides is 1. The van der Waals surface area contributed by atoms with E-state index in [1.54, 1.807) is 17.0 Å². The third-order valence-electron chi connectivity index (χ3n) is 4.37. The Bertz CT molecular complexity index is 1060. The van der Waals surface area contributed by atoms with Crippen molar-refractivity contribution in [3.05, 3.63) is 49.9 Å². The molecule has 1 unspecified atom stereocenters. The minimum absolute atomic E-state index is 0.0291. The van der Waals surface area contributed by atoms with Gasteiger partial charge in [-0.05, 0) is 28.9 Å².